The zero-order valence-electron chi connectivity index (χ0n) is 14.8. The highest BCUT2D eigenvalue weighted by Gasteiger charge is 2.31. The van der Waals surface area contributed by atoms with Crippen LogP contribution in [0.5, 0.6) is 0 Å². The van der Waals surface area contributed by atoms with Crippen molar-refractivity contribution < 1.29 is 23.1 Å². The first kappa shape index (κ1) is 18.8. The Hall–Kier alpha value is -2.94. The zero-order chi connectivity index (χ0) is 19.8. The lowest BCUT2D eigenvalue weighted by Crippen LogP contribution is -2.40. The quantitative estimate of drug-likeness (QED) is 0.806. The summed E-state index contributed by atoms with van der Waals surface area (Å²) in [5.41, 5.74) is 0.161. The molecule has 0 aliphatic carbocycles. The van der Waals surface area contributed by atoms with Gasteiger partial charge in [0.25, 0.3) is 15.9 Å². The number of allylic oxidation sites excluding steroid dienone is 2. The third kappa shape index (κ3) is 3.77. The molecule has 1 amide bonds. The third-order valence-electron chi connectivity index (χ3n) is 4.50. The summed E-state index contributed by atoms with van der Waals surface area (Å²) < 4.78 is 27.3. The molecule has 0 atom stereocenters. The first-order chi connectivity index (χ1) is 12.6. The summed E-state index contributed by atoms with van der Waals surface area (Å²) in [6.07, 6.45) is 4.84. The Bertz CT molecular complexity index is 988. The van der Waals surface area contributed by atoms with Crippen LogP contribution in [0.25, 0.3) is 0 Å². The summed E-state index contributed by atoms with van der Waals surface area (Å²) in [6.45, 7) is 3.43. The van der Waals surface area contributed by atoms with Crippen LogP contribution in [0.1, 0.15) is 19.4 Å². The van der Waals surface area contributed by atoms with E-state index in [0.29, 0.717) is 11.3 Å². The number of anilines is 1. The number of amides is 1. The molecule has 8 nitrogen and oxygen atoms in total. The number of carboxylic acids is 1. The molecule has 9 heteroatoms. The minimum Gasteiger partial charge on any atom is -0.481 e. The van der Waals surface area contributed by atoms with Crippen LogP contribution < -0.4 is 5.32 Å². The van der Waals surface area contributed by atoms with Crippen molar-refractivity contribution in [2.45, 2.75) is 19.3 Å². The number of carbonyl (C=O) groups excluding carboxylic acids is 1. The van der Waals surface area contributed by atoms with Crippen molar-refractivity contribution in [3.8, 4) is 0 Å². The second kappa shape index (κ2) is 6.66. The van der Waals surface area contributed by atoms with Gasteiger partial charge in [0.2, 0.25) is 0 Å². The summed E-state index contributed by atoms with van der Waals surface area (Å²) in [5, 5.41) is 12.0. The molecule has 2 heterocycles. The van der Waals surface area contributed by atoms with Crippen molar-refractivity contribution in [3.63, 3.8) is 0 Å². The van der Waals surface area contributed by atoms with E-state index in [2.05, 4.69) is 9.71 Å². The van der Waals surface area contributed by atoms with Gasteiger partial charge >= 0.3 is 5.97 Å². The van der Waals surface area contributed by atoms with E-state index in [9.17, 15) is 23.1 Å². The van der Waals surface area contributed by atoms with Gasteiger partial charge < -0.3 is 15.3 Å². The fraction of sp³-hybridized carbons (Fsp3) is 0.278. The number of amidine groups is 1. The molecule has 1 aromatic rings. The topological polar surface area (TPSA) is 116 Å². The average Bonchev–Trinajstić information content (AvgIpc) is 2.60. The molecular formula is C18H19N3O5S. The molecule has 0 bridgehead atoms. The highest BCUT2D eigenvalue weighted by Crippen LogP contribution is 2.25. The summed E-state index contributed by atoms with van der Waals surface area (Å²) in [6, 6.07) is 6.48. The molecule has 0 spiro atoms. The Balaban J connectivity index is 1.81. The molecule has 2 N–H and O–H groups in total. The summed E-state index contributed by atoms with van der Waals surface area (Å²) in [5.74, 6) is -1.44. The maximum absolute atomic E-state index is 12.6. The van der Waals surface area contributed by atoms with Crippen LogP contribution in [0.15, 0.2) is 52.6 Å². The second-order valence-corrected chi connectivity index (χ2v) is 8.53. The lowest BCUT2D eigenvalue weighted by Gasteiger charge is -2.28. The van der Waals surface area contributed by atoms with E-state index in [1.807, 2.05) is 0 Å². The normalized spacial score (nSPS) is 18.2. The molecule has 27 heavy (non-hydrogen) atoms. The van der Waals surface area contributed by atoms with Gasteiger partial charge in [-0.05, 0) is 43.7 Å². The van der Waals surface area contributed by atoms with E-state index >= 15 is 0 Å². The number of hydrogen-bond acceptors (Lipinski definition) is 5. The Kier molecular flexibility index (Phi) is 4.64. The van der Waals surface area contributed by atoms with Gasteiger partial charge in [0, 0.05) is 18.4 Å². The van der Waals surface area contributed by atoms with Crippen molar-refractivity contribution in [1.82, 2.24) is 4.90 Å². The summed E-state index contributed by atoms with van der Waals surface area (Å²) >= 11 is 0. The third-order valence-corrected chi connectivity index (χ3v) is 5.65. The number of carboxylic acid groups (broad SMARTS) is 1. The van der Waals surface area contributed by atoms with Crippen molar-refractivity contribution in [1.29, 1.82) is 0 Å². The predicted octanol–water partition coefficient (Wildman–Crippen LogP) is 1.48. The Labute approximate surface area is 157 Å². The standard InChI is InChI=1S/C18H19N3O5S/c1-18(2,17(23)24)12-5-7-13(8-6-12)19-16(22)14-4-3-9-21-10-11-27(25,26)20-15(14)21/h3-9H,10-11H2,1-2H3,(H,19,22)(H,23,24). The van der Waals surface area contributed by atoms with E-state index in [1.165, 1.54) is 6.08 Å². The van der Waals surface area contributed by atoms with Crippen LogP contribution in [0.4, 0.5) is 5.69 Å². The molecule has 0 fully saturated rings. The van der Waals surface area contributed by atoms with Crippen LogP contribution >= 0.6 is 0 Å². The smallest absolute Gasteiger partial charge is 0.313 e. The molecule has 1 aromatic carbocycles. The van der Waals surface area contributed by atoms with Crippen molar-refractivity contribution in [2.75, 3.05) is 17.6 Å². The number of benzene rings is 1. The minimum atomic E-state index is -3.59. The molecule has 3 rings (SSSR count). The Morgan fingerprint density at radius 3 is 2.52 bits per heavy atom. The van der Waals surface area contributed by atoms with E-state index < -0.39 is 27.3 Å². The molecule has 0 saturated carbocycles. The Morgan fingerprint density at radius 2 is 1.89 bits per heavy atom. The molecule has 0 radical (unpaired) electrons. The molecule has 0 unspecified atom stereocenters. The van der Waals surface area contributed by atoms with E-state index in [4.69, 9.17) is 0 Å². The summed E-state index contributed by atoms with van der Waals surface area (Å²) in [7, 11) is -3.59. The predicted molar refractivity (Wildman–Crippen MR) is 101 cm³/mol. The van der Waals surface area contributed by atoms with Gasteiger partial charge in [0.1, 0.15) is 0 Å². The van der Waals surface area contributed by atoms with E-state index in [1.54, 1.807) is 55.3 Å². The van der Waals surface area contributed by atoms with Crippen LogP contribution in [0.3, 0.4) is 0 Å². The van der Waals surface area contributed by atoms with Gasteiger partial charge in [-0.15, -0.1) is 4.40 Å². The van der Waals surface area contributed by atoms with Gasteiger partial charge in [-0.25, -0.2) is 8.42 Å². The highest BCUT2D eigenvalue weighted by molar-refractivity contribution is 7.90. The molecular weight excluding hydrogens is 370 g/mol. The monoisotopic (exact) mass is 389 g/mol. The number of nitrogens with zero attached hydrogens (tertiary/aromatic N) is 2. The number of rotatable bonds is 4. The largest absolute Gasteiger partial charge is 0.481 e. The van der Waals surface area contributed by atoms with Gasteiger partial charge in [0.15, 0.2) is 5.84 Å². The van der Waals surface area contributed by atoms with Crippen molar-refractivity contribution in [2.24, 2.45) is 4.40 Å². The number of sulfonamides is 1. The minimum absolute atomic E-state index is 0.101. The van der Waals surface area contributed by atoms with Gasteiger partial charge in [-0.1, -0.05) is 12.1 Å². The Morgan fingerprint density at radius 1 is 1.22 bits per heavy atom. The maximum Gasteiger partial charge on any atom is 0.313 e. The lowest BCUT2D eigenvalue weighted by atomic mass is 9.85. The van der Waals surface area contributed by atoms with Gasteiger partial charge in [-0.3, -0.25) is 9.59 Å². The fourth-order valence-corrected chi connectivity index (χ4v) is 3.67. The number of fused-ring (bicyclic) bond motifs is 1. The first-order valence-electron chi connectivity index (χ1n) is 8.23. The second-order valence-electron chi connectivity index (χ2n) is 6.78. The number of nitrogens with one attached hydrogen (secondary N) is 1. The fourth-order valence-electron chi connectivity index (χ4n) is 2.69. The maximum atomic E-state index is 12.6. The molecule has 2 aliphatic heterocycles. The number of carbonyl (C=O) groups is 2. The van der Waals surface area contributed by atoms with Crippen molar-refractivity contribution >= 4 is 33.4 Å². The first-order valence-corrected chi connectivity index (χ1v) is 9.84. The van der Waals surface area contributed by atoms with Crippen LogP contribution in [0, 0.1) is 0 Å². The van der Waals surface area contributed by atoms with Gasteiger partial charge in [-0.2, -0.15) is 0 Å². The lowest BCUT2D eigenvalue weighted by molar-refractivity contribution is -0.142. The molecule has 0 aromatic heterocycles. The van der Waals surface area contributed by atoms with E-state index in [-0.39, 0.29) is 23.7 Å². The van der Waals surface area contributed by atoms with E-state index in [0.717, 1.165) is 0 Å². The number of hydrogen-bond donors (Lipinski definition) is 2. The highest BCUT2D eigenvalue weighted by atomic mass is 32.2. The zero-order valence-corrected chi connectivity index (χ0v) is 15.7. The molecule has 142 valence electrons. The molecule has 0 saturated heterocycles. The van der Waals surface area contributed by atoms with Gasteiger partial charge in [0.05, 0.1) is 16.7 Å². The SMILES string of the molecule is CC(C)(C(=O)O)c1ccc(NC(=O)C2=CC=CN3CCS(=O)(=O)N=C23)cc1. The molecule has 2 aliphatic rings. The summed E-state index contributed by atoms with van der Waals surface area (Å²) in [4.78, 5) is 25.6. The van der Waals surface area contributed by atoms with Crippen LogP contribution in [-0.2, 0) is 25.0 Å². The van der Waals surface area contributed by atoms with Crippen LogP contribution in [0.2, 0.25) is 0 Å². The number of aliphatic carboxylic acids is 1. The van der Waals surface area contributed by atoms with Crippen molar-refractivity contribution in [3.05, 3.63) is 53.8 Å². The average molecular weight is 389 g/mol. The van der Waals surface area contributed by atoms with Crippen LogP contribution in [-0.4, -0.2) is 48.4 Å².